The molecule has 2 aromatic heterocycles. The van der Waals surface area contributed by atoms with Crippen LogP contribution in [-0.2, 0) is 11.2 Å². The van der Waals surface area contributed by atoms with Crippen molar-refractivity contribution < 1.29 is 14.6 Å². The summed E-state index contributed by atoms with van der Waals surface area (Å²) in [6.07, 6.45) is 0.950. The molecule has 0 aromatic carbocycles. The molecule has 1 aliphatic heterocycles. The van der Waals surface area contributed by atoms with E-state index in [9.17, 15) is 5.11 Å². The van der Waals surface area contributed by atoms with E-state index in [1.807, 2.05) is 11.0 Å². The minimum atomic E-state index is -0.973. The second-order valence-electron chi connectivity index (χ2n) is 7.19. The first-order valence-electron chi connectivity index (χ1n) is 9.34. The number of hydrazone groups is 1. The van der Waals surface area contributed by atoms with E-state index in [2.05, 4.69) is 23.1 Å². The molecular formula is C19H27N5O3S. The summed E-state index contributed by atoms with van der Waals surface area (Å²) >= 11 is 1.64. The second kappa shape index (κ2) is 8.85. The number of nitrogens with zero attached hydrogens (tertiary/aromatic N) is 4. The van der Waals surface area contributed by atoms with Crippen LogP contribution in [0.25, 0.3) is 0 Å². The van der Waals surface area contributed by atoms with Crippen molar-refractivity contribution in [3.8, 4) is 5.88 Å². The van der Waals surface area contributed by atoms with Gasteiger partial charge in [-0.15, -0.1) is 11.3 Å². The Bertz CT molecular complexity index is 825. The number of aryl methyl sites for hydroxylation is 1. The van der Waals surface area contributed by atoms with Gasteiger partial charge in [0.1, 0.15) is 18.0 Å². The maximum Gasteiger partial charge on any atom is 0.229 e. The number of thiophene rings is 1. The fraction of sp³-hybridized carbons (Fsp3) is 0.526. The number of nitrogens with two attached hydrogens (primary N) is 1. The molecule has 2 aromatic rings. The number of hydrogen-bond donors (Lipinski definition) is 2. The average molecular weight is 406 g/mol. The highest BCUT2D eigenvalue weighted by atomic mass is 32.1. The van der Waals surface area contributed by atoms with Gasteiger partial charge < -0.3 is 25.3 Å². The topological polar surface area (TPSA) is 106 Å². The van der Waals surface area contributed by atoms with Crippen molar-refractivity contribution in [1.82, 2.24) is 9.97 Å². The minimum absolute atomic E-state index is 0.111. The predicted molar refractivity (Wildman–Crippen MR) is 110 cm³/mol. The molecule has 1 saturated heterocycles. The van der Waals surface area contributed by atoms with E-state index in [-0.39, 0.29) is 6.61 Å². The molecule has 0 aliphatic carbocycles. The number of aliphatic hydroxyl groups is 1. The second-order valence-corrected chi connectivity index (χ2v) is 8.36. The Morgan fingerprint density at radius 3 is 2.71 bits per heavy atom. The molecule has 0 atom stereocenters. The summed E-state index contributed by atoms with van der Waals surface area (Å²) in [6.45, 7) is 8.22. The Labute approximate surface area is 169 Å². The van der Waals surface area contributed by atoms with Gasteiger partial charge in [-0.25, -0.2) is 4.98 Å². The maximum absolute atomic E-state index is 9.99. The monoisotopic (exact) mass is 405 g/mol. The van der Waals surface area contributed by atoms with Crippen molar-refractivity contribution in [3.05, 3.63) is 33.6 Å². The molecule has 0 spiro atoms. The summed E-state index contributed by atoms with van der Waals surface area (Å²) in [7, 11) is 0. The standard InChI is InChI=1S/C19H27N5O3S/c1-4-13-5-6-15(28-13)17(23-20)14-11-16(27-12-19(2,3)25)22-18(21-14)24-7-9-26-10-8-24/h5-6,11,25H,4,7-10,12,20H2,1-3H3. The lowest BCUT2D eigenvalue weighted by Gasteiger charge is -2.27. The predicted octanol–water partition coefficient (Wildman–Crippen LogP) is 1.80. The van der Waals surface area contributed by atoms with Crippen LogP contribution in [0.15, 0.2) is 23.3 Å². The molecule has 0 saturated carbocycles. The Morgan fingerprint density at radius 2 is 2.11 bits per heavy atom. The highest BCUT2D eigenvalue weighted by Crippen LogP contribution is 2.24. The first-order chi connectivity index (χ1) is 13.4. The zero-order chi connectivity index (χ0) is 20.1. The molecule has 3 N–H and O–H groups in total. The lowest BCUT2D eigenvalue weighted by atomic mass is 10.2. The fourth-order valence-electron chi connectivity index (χ4n) is 2.71. The van der Waals surface area contributed by atoms with E-state index in [4.69, 9.17) is 20.3 Å². The maximum atomic E-state index is 9.99. The highest BCUT2D eigenvalue weighted by Gasteiger charge is 2.21. The summed E-state index contributed by atoms with van der Waals surface area (Å²) in [6, 6.07) is 5.79. The van der Waals surface area contributed by atoms with Gasteiger partial charge >= 0.3 is 0 Å². The molecule has 0 unspecified atom stereocenters. The molecule has 0 bridgehead atoms. The van der Waals surface area contributed by atoms with E-state index in [0.717, 1.165) is 11.3 Å². The van der Waals surface area contributed by atoms with Crippen LogP contribution in [0.4, 0.5) is 5.95 Å². The molecule has 1 fully saturated rings. The molecule has 9 heteroatoms. The largest absolute Gasteiger partial charge is 0.474 e. The molecule has 8 nitrogen and oxygen atoms in total. The van der Waals surface area contributed by atoms with Crippen molar-refractivity contribution in [2.24, 2.45) is 10.9 Å². The highest BCUT2D eigenvalue weighted by molar-refractivity contribution is 7.14. The SMILES string of the molecule is CCc1ccc(C(=NN)c2cc(OCC(C)(C)O)nc(N3CCOCC3)n2)s1. The minimum Gasteiger partial charge on any atom is -0.474 e. The molecule has 28 heavy (non-hydrogen) atoms. The van der Waals surface area contributed by atoms with E-state index >= 15 is 0 Å². The van der Waals surface area contributed by atoms with Gasteiger partial charge in [0.2, 0.25) is 11.8 Å². The Balaban J connectivity index is 1.97. The van der Waals surface area contributed by atoms with Crippen LogP contribution in [0, 0.1) is 0 Å². The lowest BCUT2D eigenvalue weighted by Crippen LogP contribution is -2.37. The van der Waals surface area contributed by atoms with Crippen molar-refractivity contribution in [2.45, 2.75) is 32.8 Å². The first kappa shape index (κ1) is 20.5. The molecule has 1 aliphatic rings. The first-order valence-corrected chi connectivity index (χ1v) is 10.2. The number of hydrogen-bond acceptors (Lipinski definition) is 9. The van der Waals surface area contributed by atoms with Gasteiger partial charge in [0.15, 0.2) is 0 Å². The number of aromatic nitrogens is 2. The van der Waals surface area contributed by atoms with Gasteiger partial charge in [-0.2, -0.15) is 10.1 Å². The number of ether oxygens (including phenoxy) is 2. The number of rotatable bonds is 7. The van der Waals surface area contributed by atoms with Crippen LogP contribution in [0.5, 0.6) is 5.88 Å². The van der Waals surface area contributed by atoms with Crippen LogP contribution in [0.3, 0.4) is 0 Å². The van der Waals surface area contributed by atoms with E-state index in [0.29, 0.717) is 49.5 Å². The Kier molecular flexibility index (Phi) is 6.48. The summed E-state index contributed by atoms with van der Waals surface area (Å²) in [5.74, 6) is 6.65. The summed E-state index contributed by atoms with van der Waals surface area (Å²) in [4.78, 5) is 13.5. The van der Waals surface area contributed by atoms with Gasteiger partial charge in [0.05, 0.1) is 23.7 Å². The van der Waals surface area contributed by atoms with Crippen molar-refractivity contribution in [3.63, 3.8) is 0 Å². The van der Waals surface area contributed by atoms with Crippen molar-refractivity contribution in [2.75, 3.05) is 37.8 Å². The fourth-order valence-corrected chi connectivity index (χ4v) is 3.67. The van der Waals surface area contributed by atoms with E-state index in [1.165, 1.54) is 4.88 Å². The zero-order valence-corrected chi connectivity index (χ0v) is 17.3. The summed E-state index contributed by atoms with van der Waals surface area (Å²) in [5.41, 5.74) is 0.211. The van der Waals surface area contributed by atoms with Crippen molar-refractivity contribution >= 4 is 23.0 Å². The Hall–Kier alpha value is -2.23. The number of anilines is 1. The van der Waals surface area contributed by atoms with E-state index in [1.54, 1.807) is 31.3 Å². The van der Waals surface area contributed by atoms with Gasteiger partial charge in [0, 0.05) is 24.0 Å². The molecule has 3 rings (SSSR count). The normalized spacial score (nSPS) is 15.7. The zero-order valence-electron chi connectivity index (χ0n) is 16.5. The quantitative estimate of drug-likeness (QED) is 0.411. The average Bonchev–Trinajstić information content (AvgIpc) is 3.16. The molecule has 0 radical (unpaired) electrons. The van der Waals surface area contributed by atoms with Gasteiger partial charge in [-0.3, -0.25) is 0 Å². The Morgan fingerprint density at radius 1 is 1.36 bits per heavy atom. The van der Waals surface area contributed by atoms with Crippen LogP contribution in [0.2, 0.25) is 0 Å². The van der Waals surface area contributed by atoms with Gasteiger partial charge in [-0.05, 0) is 32.4 Å². The lowest BCUT2D eigenvalue weighted by molar-refractivity contribution is 0.0268. The third-order valence-electron chi connectivity index (χ3n) is 4.17. The van der Waals surface area contributed by atoms with Crippen molar-refractivity contribution in [1.29, 1.82) is 0 Å². The molecule has 3 heterocycles. The smallest absolute Gasteiger partial charge is 0.229 e. The van der Waals surface area contributed by atoms with Crippen LogP contribution in [-0.4, -0.2) is 59.3 Å². The van der Waals surface area contributed by atoms with Crippen LogP contribution < -0.4 is 15.5 Å². The van der Waals surface area contributed by atoms with Crippen LogP contribution in [0.1, 0.15) is 36.2 Å². The third kappa shape index (κ3) is 5.18. The van der Waals surface area contributed by atoms with Crippen LogP contribution >= 0.6 is 11.3 Å². The molecular weight excluding hydrogens is 378 g/mol. The third-order valence-corrected chi connectivity index (χ3v) is 5.41. The summed E-state index contributed by atoms with van der Waals surface area (Å²) < 4.78 is 11.2. The van der Waals surface area contributed by atoms with Gasteiger partial charge in [-0.1, -0.05) is 6.92 Å². The van der Waals surface area contributed by atoms with Gasteiger partial charge in [0.25, 0.3) is 0 Å². The number of morpholine rings is 1. The summed E-state index contributed by atoms with van der Waals surface area (Å²) in [5, 5.41) is 14.0. The molecule has 0 amide bonds. The molecule has 152 valence electrons. The van der Waals surface area contributed by atoms with E-state index < -0.39 is 5.60 Å².